The normalized spacial score (nSPS) is 11.6. The predicted octanol–water partition coefficient (Wildman–Crippen LogP) is 1.98. The summed E-state index contributed by atoms with van der Waals surface area (Å²) in [5.74, 6) is 0. The lowest BCUT2D eigenvalue weighted by molar-refractivity contribution is 0.601. The van der Waals surface area contributed by atoms with Crippen molar-refractivity contribution < 1.29 is 8.42 Å². The molecular formula is C13H17ClN4O2S. The molecule has 0 atom stereocenters. The molecule has 0 amide bonds. The van der Waals surface area contributed by atoms with Gasteiger partial charge in [-0.1, -0.05) is 18.5 Å². The number of aryl methyl sites for hydroxylation is 1. The highest BCUT2D eigenvalue weighted by Crippen LogP contribution is 2.22. The number of halogens is 1. The van der Waals surface area contributed by atoms with Gasteiger partial charge in [-0.3, -0.25) is 9.40 Å². The summed E-state index contributed by atoms with van der Waals surface area (Å²) in [7, 11) is -1.94. The van der Waals surface area contributed by atoms with E-state index in [1.165, 1.54) is 16.9 Å². The zero-order chi connectivity index (χ0) is 15.5. The molecule has 1 aromatic carbocycles. The largest absolute Gasteiger partial charge is 0.313 e. The molecule has 0 unspecified atom stereocenters. The summed E-state index contributed by atoms with van der Waals surface area (Å²) in [6, 6.07) is 4.65. The number of anilines is 1. The van der Waals surface area contributed by atoms with Crippen LogP contribution in [0.25, 0.3) is 0 Å². The second-order valence-corrected chi connectivity index (χ2v) is 6.63. The summed E-state index contributed by atoms with van der Waals surface area (Å²) in [5.41, 5.74) is 1.16. The van der Waals surface area contributed by atoms with E-state index >= 15 is 0 Å². The molecule has 114 valence electrons. The van der Waals surface area contributed by atoms with Gasteiger partial charge in [0.2, 0.25) is 0 Å². The zero-order valence-electron chi connectivity index (χ0n) is 11.8. The molecule has 1 heterocycles. The Morgan fingerprint density at radius 1 is 1.38 bits per heavy atom. The van der Waals surface area contributed by atoms with E-state index in [-0.39, 0.29) is 4.90 Å². The lowest BCUT2D eigenvalue weighted by atomic mass is 10.2. The van der Waals surface area contributed by atoms with Crippen molar-refractivity contribution in [3.8, 4) is 0 Å². The van der Waals surface area contributed by atoms with Crippen molar-refractivity contribution in [2.45, 2.75) is 18.4 Å². The Morgan fingerprint density at radius 2 is 2.14 bits per heavy atom. The Balaban J connectivity index is 2.27. The van der Waals surface area contributed by atoms with Gasteiger partial charge in [0.25, 0.3) is 10.0 Å². The molecule has 0 spiro atoms. The van der Waals surface area contributed by atoms with E-state index in [4.69, 9.17) is 11.6 Å². The van der Waals surface area contributed by atoms with Crippen LogP contribution in [0.5, 0.6) is 0 Å². The minimum absolute atomic E-state index is 0.170. The Hall–Kier alpha value is -1.57. The second-order valence-electron chi connectivity index (χ2n) is 4.54. The Bertz CT molecular complexity index is 728. The fourth-order valence-corrected chi connectivity index (χ4v) is 3.06. The molecule has 0 fully saturated rings. The van der Waals surface area contributed by atoms with Gasteiger partial charge in [-0.15, -0.1) is 0 Å². The van der Waals surface area contributed by atoms with Gasteiger partial charge in [-0.2, -0.15) is 5.10 Å². The molecule has 1 aromatic heterocycles. The Morgan fingerprint density at radius 3 is 2.76 bits per heavy atom. The van der Waals surface area contributed by atoms with E-state index in [1.807, 2.05) is 6.92 Å². The van der Waals surface area contributed by atoms with Gasteiger partial charge in [-0.25, -0.2) is 8.42 Å². The van der Waals surface area contributed by atoms with Crippen LogP contribution in [0.4, 0.5) is 5.69 Å². The number of rotatable bonds is 6. The van der Waals surface area contributed by atoms with Crippen molar-refractivity contribution in [2.75, 3.05) is 11.3 Å². The lowest BCUT2D eigenvalue weighted by Gasteiger charge is -2.10. The molecule has 2 rings (SSSR count). The molecule has 0 aliphatic heterocycles. The average molecular weight is 329 g/mol. The molecule has 0 bridgehead atoms. The lowest BCUT2D eigenvalue weighted by Crippen LogP contribution is -2.15. The Labute approximate surface area is 129 Å². The minimum Gasteiger partial charge on any atom is -0.313 e. The van der Waals surface area contributed by atoms with E-state index in [0.717, 1.165) is 12.1 Å². The summed E-state index contributed by atoms with van der Waals surface area (Å²) in [5, 5.41) is 7.59. The van der Waals surface area contributed by atoms with Gasteiger partial charge in [-0.05, 0) is 30.3 Å². The second kappa shape index (κ2) is 6.46. The quantitative estimate of drug-likeness (QED) is 0.850. The fourth-order valence-electron chi connectivity index (χ4n) is 1.80. The number of benzene rings is 1. The van der Waals surface area contributed by atoms with Gasteiger partial charge in [0.15, 0.2) is 0 Å². The molecular weight excluding hydrogens is 312 g/mol. The summed E-state index contributed by atoms with van der Waals surface area (Å²) in [4.78, 5) is 0.170. The molecule has 0 radical (unpaired) electrons. The van der Waals surface area contributed by atoms with Crippen LogP contribution >= 0.6 is 11.6 Å². The number of aromatic nitrogens is 2. The van der Waals surface area contributed by atoms with Crippen molar-refractivity contribution in [1.29, 1.82) is 0 Å². The van der Waals surface area contributed by atoms with Crippen molar-refractivity contribution in [3.63, 3.8) is 0 Å². The maximum Gasteiger partial charge on any atom is 0.262 e. The molecule has 0 saturated heterocycles. The SMILES string of the molecule is CCNCc1cc(S(=O)(=O)Nc2cnn(C)c2)ccc1Cl. The molecule has 0 saturated carbocycles. The van der Waals surface area contributed by atoms with Crippen molar-refractivity contribution in [2.24, 2.45) is 7.05 Å². The number of hydrogen-bond acceptors (Lipinski definition) is 4. The highest BCUT2D eigenvalue weighted by atomic mass is 35.5. The van der Waals surface area contributed by atoms with E-state index < -0.39 is 10.0 Å². The minimum atomic E-state index is -3.65. The van der Waals surface area contributed by atoms with Gasteiger partial charge < -0.3 is 5.32 Å². The van der Waals surface area contributed by atoms with Crippen LogP contribution in [-0.4, -0.2) is 24.7 Å². The van der Waals surface area contributed by atoms with Crippen LogP contribution in [0.15, 0.2) is 35.5 Å². The monoisotopic (exact) mass is 328 g/mol. The van der Waals surface area contributed by atoms with Crippen LogP contribution in [0.2, 0.25) is 5.02 Å². The van der Waals surface area contributed by atoms with Crippen molar-refractivity contribution in [3.05, 3.63) is 41.2 Å². The van der Waals surface area contributed by atoms with Gasteiger partial charge in [0, 0.05) is 24.8 Å². The van der Waals surface area contributed by atoms with Crippen LogP contribution in [0.3, 0.4) is 0 Å². The van der Waals surface area contributed by atoms with Crippen LogP contribution < -0.4 is 10.0 Å². The summed E-state index contributed by atoms with van der Waals surface area (Å²) >= 11 is 6.08. The van der Waals surface area contributed by atoms with Crippen molar-refractivity contribution >= 4 is 27.3 Å². The zero-order valence-corrected chi connectivity index (χ0v) is 13.4. The predicted molar refractivity (Wildman–Crippen MR) is 82.8 cm³/mol. The number of hydrogen-bond donors (Lipinski definition) is 2. The highest BCUT2D eigenvalue weighted by Gasteiger charge is 2.16. The Kier molecular flexibility index (Phi) is 4.87. The third-order valence-electron chi connectivity index (χ3n) is 2.85. The fraction of sp³-hybridized carbons (Fsp3) is 0.308. The standard InChI is InChI=1S/C13H17ClN4O2S/c1-3-15-7-10-6-12(4-5-13(10)14)21(19,20)17-11-8-16-18(2)9-11/h4-6,8-9,15,17H,3,7H2,1-2H3. The average Bonchev–Trinajstić information content (AvgIpc) is 2.82. The van der Waals surface area contributed by atoms with Crippen molar-refractivity contribution in [1.82, 2.24) is 15.1 Å². The number of sulfonamides is 1. The molecule has 8 heteroatoms. The van der Waals surface area contributed by atoms with E-state index in [1.54, 1.807) is 25.4 Å². The first-order valence-corrected chi connectivity index (χ1v) is 8.29. The van der Waals surface area contributed by atoms with Crippen LogP contribution in [-0.2, 0) is 23.6 Å². The molecule has 0 aliphatic carbocycles. The van der Waals surface area contributed by atoms with Crippen LogP contribution in [0, 0.1) is 0 Å². The first-order valence-electron chi connectivity index (χ1n) is 6.43. The summed E-state index contributed by atoms with van der Waals surface area (Å²) in [6.07, 6.45) is 3.04. The summed E-state index contributed by atoms with van der Waals surface area (Å²) < 4.78 is 28.7. The molecule has 0 aliphatic rings. The molecule has 2 aromatic rings. The van der Waals surface area contributed by atoms with Crippen LogP contribution in [0.1, 0.15) is 12.5 Å². The van der Waals surface area contributed by atoms with Gasteiger partial charge >= 0.3 is 0 Å². The smallest absolute Gasteiger partial charge is 0.262 e. The highest BCUT2D eigenvalue weighted by molar-refractivity contribution is 7.92. The maximum atomic E-state index is 12.3. The first kappa shape index (κ1) is 15.8. The first-order chi connectivity index (χ1) is 9.92. The van der Waals surface area contributed by atoms with Gasteiger partial charge in [0.05, 0.1) is 16.8 Å². The van der Waals surface area contributed by atoms with E-state index in [0.29, 0.717) is 17.3 Å². The number of nitrogens with one attached hydrogen (secondary N) is 2. The third-order valence-corrected chi connectivity index (χ3v) is 4.60. The summed E-state index contributed by atoms with van der Waals surface area (Å²) in [6.45, 7) is 3.27. The van der Waals surface area contributed by atoms with E-state index in [9.17, 15) is 8.42 Å². The topological polar surface area (TPSA) is 76.0 Å². The van der Waals surface area contributed by atoms with Gasteiger partial charge in [0.1, 0.15) is 0 Å². The molecule has 21 heavy (non-hydrogen) atoms. The maximum absolute atomic E-state index is 12.3. The number of nitrogens with zero attached hydrogens (tertiary/aromatic N) is 2. The van der Waals surface area contributed by atoms with E-state index in [2.05, 4.69) is 15.1 Å². The molecule has 2 N–H and O–H groups in total. The third kappa shape index (κ3) is 3.96. The molecule has 6 nitrogen and oxygen atoms in total.